The monoisotopic (exact) mass is 262 g/mol. The van der Waals surface area contributed by atoms with Crippen molar-refractivity contribution < 1.29 is 5.11 Å². The number of nitrogens with one attached hydrogen (secondary N) is 1. The van der Waals surface area contributed by atoms with E-state index in [2.05, 4.69) is 25.6 Å². The van der Waals surface area contributed by atoms with Crippen molar-refractivity contribution in [2.45, 2.75) is 12.5 Å². The van der Waals surface area contributed by atoms with E-state index in [1.807, 2.05) is 6.20 Å². The number of aliphatic hydroxyl groups is 1. The molecule has 13 heavy (non-hydrogen) atoms. The summed E-state index contributed by atoms with van der Waals surface area (Å²) < 4.78 is 5.15. The number of aliphatic hydroxyl groups excluding tert-OH is 1. The second-order valence-electron chi connectivity index (χ2n) is 3.29. The van der Waals surface area contributed by atoms with Gasteiger partial charge in [-0.25, -0.2) is 0 Å². The van der Waals surface area contributed by atoms with Crippen LogP contribution in [0.1, 0.15) is 4.88 Å². The average Bonchev–Trinajstić information content (AvgIpc) is 2.65. The first-order valence-electron chi connectivity index (χ1n) is 4.25. The molecule has 3 nitrogen and oxygen atoms in total. The smallest absolute Gasteiger partial charge is 0.0708 e. The van der Waals surface area contributed by atoms with Gasteiger partial charge in [-0.15, -0.1) is 0 Å². The van der Waals surface area contributed by atoms with Crippen LogP contribution < -0.4 is 5.32 Å². The molecule has 0 aromatic carbocycles. The molecular formula is C8H11BrN2OS. The van der Waals surface area contributed by atoms with Crippen LogP contribution in [-0.2, 0) is 6.42 Å². The summed E-state index contributed by atoms with van der Waals surface area (Å²) >= 11 is 4.94. The van der Waals surface area contributed by atoms with Crippen LogP contribution in [0, 0.1) is 5.92 Å². The van der Waals surface area contributed by atoms with Crippen molar-refractivity contribution in [3.8, 4) is 0 Å². The van der Waals surface area contributed by atoms with Gasteiger partial charge in [0.15, 0.2) is 0 Å². The number of aromatic nitrogens is 1. The minimum Gasteiger partial charge on any atom is -0.391 e. The Balaban J connectivity index is 2.01. The highest BCUT2D eigenvalue weighted by Crippen LogP contribution is 2.25. The van der Waals surface area contributed by atoms with Gasteiger partial charge in [-0.1, -0.05) is 0 Å². The van der Waals surface area contributed by atoms with Gasteiger partial charge in [-0.3, -0.25) is 0 Å². The number of hydrogen-bond acceptors (Lipinski definition) is 4. The van der Waals surface area contributed by atoms with Crippen molar-refractivity contribution in [1.82, 2.24) is 9.69 Å². The zero-order valence-corrected chi connectivity index (χ0v) is 9.44. The molecule has 1 aliphatic heterocycles. The highest BCUT2D eigenvalue weighted by atomic mass is 79.9. The van der Waals surface area contributed by atoms with E-state index in [1.165, 1.54) is 16.4 Å². The molecule has 2 rings (SSSR count). The van der Waals surface area contributed by atoms with Gasteiger partial charge in [0.1, 0.15) is 0 Å². The van der Waals surface area contributed by atoms with E-state index in [0.717, 1.165) is 24.0 Å². The van der Waals surface area contributed by atoms with E-state index in [-0.39, 0.29) is 6.10 Å². The molecule has 1 aromatic heterocycles. The molecule has 1 aromatic rings. The third-order valence-electron chi connectivity index (χ3n) is 2.35. The van der Waals surface area contributed by atoms with Crippen molar-refractivity contribution >= 4 is 27.5 Å². The van der Waals surface area contributed by atoms with Gasteiger partial charge in [-0.05, 0) is 33.9 Å². The summed E-state index contributed by atoms with van der Waals surface area (Å²) in [6.45, 7) is 1.63. The van der Waals surface area contributed by atoms with Crippen molar-refractivity contribution in [2.24, 2.45) is 5.92 Å². The first kappa shape index (κ1) is 9.58. The zero-order chi connectivity index (χ0) is 9.26. The molecule has 0 aliphatic carbocycles. The quantitative estimate of drug-likeness (QED) is 0.837. The average molecular weight is 263 g/mol. The summed E-state index contributed by atoms with van der Waals surface area (Å²) in [7, 11) is 0. The minimum atomic E-state index is -0.200. The van der Waals surface area contributed by atoms with Crippen molar-refractivity contribution in [1.29, 1.82) is 0 Å². The predicted molar refractivity (Wildman–Crippen MR) is 55.9 cm³/mol. The van der Waals surface area contributed by atoms with Gasteiger partial charge in [-0.2, -0.15) is 4.37 Å². The summed E-state index contributed by atoms with van der Waals surface area (Å²) in [5.41, 5.74) is 0. The fourth-order valence-electron chi connectivity index (χ4n) is 1.55. The Kier molecular flexibility index (Phi) is 2.98. The fraction of sp³-hybridized carbons (Fsp3) is 0.625. The number of halogens is 1. The van der Waals surface area contributed by atoms with Gasteiger partial charge >= 0.3 is 0 Å². The maximum atomic E-state index is 9.59. The Morgan fingerprint density at radius 2 is 2.54 bits per heavy atom. The van der Waals surface area contributed by atoms with E-state index in [1.54, 1.807) is 0 Å². The van der Waals surface area contributed by atoms with Crippen LogP contribution in [0.3, 0.4) is 0 Å². The molecule has 0 radical (unpaired) electrons. The van der Waals surface area contributed by atoms with Crippen LogP contribution in [0.5, 0.6) is 0 Å². The maximum Gasteiger partial charge on any atom is 0.0708 e. The molecule has 1 aliphatic rings. The second kappa shape index (κ2) is 4.04. The maximum absolute atomic E-state index is 9.59. The minimum absolute atomic E-state index is 0.200. The van der Waals surface area contributed by atoms with Crippen LogP contribution in [-0.4, -0.2) is 28.7 Å². The Morgan fingerprint density at radius 1 is 1.69 bits per heavy atom. The second-order valence-corrected chi connectivity index (χ2v) is 5.03. The van der Waals surface area contributed by atoms with E-state index in [4.69, 9.17) is 0 Å². The van der Waals surface area contributed by atoms with Crippen molar-refractivity contribution in [3.63, 3.8) is 0 Å². The molecule has 0 saturated carbocycles. The zero-order valence-electron chi connectivity index (χ0n) is 7.03. The van der Waals surface area contributed by atoms with Crippen LogP contribution in [0.4, 0.5) is 0 Å². The normalized spacial score (nSPS) is 28.2. The summed E-state index contributed by atoms with van der Waals surface area (Å²) in [5, 5.41) is 12.8. The van der Waals surface area contributed by atoms with Crippen molar-refractivity contribution in [3.05, 3.63) is 15.5 Å². The first-order valence-corrected chi connectivity index (χ1v) is 5.82. The Hall–Kier alpha value is 0.0300. The predicted octanol–water partition coefficient (Wildman–Crippen LogP) is 1.03. The van der Waals surface area contributed by atoms with Crippen LogP contribution >= 0.6 is 27.5 Å². The molecule has 72 valence electrons. The van der Waals surface area contributed by atoms with E-state index < -0.39 is 0 Å². The fourth-order valence-corrected chi connectivity index (χ4v) is 2.88. The third-order valence-corrected chi connectivity index (χ3v) is 4.11. The molecule has 0 amide bonds. The molecule has 1 saturated heterocycles. The van der Waals surface area contributed by atoms with Gasteiger partial charge in [0.2, 0.25) is 0 Å². The lowest BCUT2D eigenvalue weighted by Crippen LogP contribution is -2.19. The first-order chi connectivity index (χ1) is 6.27. The third kappa shape index (κ3) is 2.10. The summed E-state index contributed by atoms with van der Waals surface area (Å²) in [4.78, 5) is 1.23. The van der Waals surface area contributed by atoms with Crippen LogP contribution in [0.15, 0.2) is 10.7 Å². The summed E-state index contributed by atoms with van der Waals surface area (Å²) in [6.07, 6.45) is 2.53. The molecule has 2 unspecified atom stereocenters. The highest BCUT2D eigenvalue weighted by Gasteiger charge is 2.25. The molecule has 0 bridgehead atoms. The summed E-state index contributed by atoms with van der Waals surface area (Å²) in [6, 6.07) is 0. The van der Waals surface area contributed by atoms with Gasteiger partial charge in [0.05, 0.1) is 16.8 Å². The number of β-amino-alcohol motifs (C(OH)–C–C–N with tert-alkyl or cyclic N) is 1. The lowest BCUT2D eigenvalue weighted by Gasteiger charge is -2.11. The molecule has 2 N–H and O–H groups in total. The number of rotatable bonds is 2. The Bertz CT molecular complexity index is 291. The van der Waals surface area contributed by atoms with Gasteiger partial charge in [0.25, 0.3) is 0 Å². The molecule has 1 fully saturated rings. The SMILES string of the molecule is OC1CNCC1Cc1sncc1Br. The lowest BCUT2D eigenvalue weighted by molar-refractivity contribution is 0.148. The topological polar surface area (TPSA) is 45.1 Å². The molecular weight excluding hydrogens is 252 g/mol. The van der Waals surface area contributed by atoms with Crippen molar-refractivity contribution in [2.75, 3.05) is 13.1 Å². The van der Waals surface area contributed by atoms with E-state index in [9.17, 15) is 5.11 Å². The largest absolute Gasteiger partial charge is 0.391 e. The van der Waals surface area contributed by atoms with Crippen LogP contribution in [0.25, 0.3) is 0 Å². The number of nitrogens with zero attached hydrogens (tertiary/aromatic N) is 1. The summed E-state index contributed by atoms with van der Waals surface area (Å²) in [5.74, 6) is 0.344. The van der Waals surface area contributed by atoms with Gasteiger partial charge < -0.3 is 10.4 Å². The lowest BCUT2D eigenvalue weighted by atomic mass is 10.0. The van der Waals surface area contributed by atoms with Gasteiger partial charge in [0, 0.05) is 23.9 Å². The van der Waals surface area contributed by atoms with E-state index >= 15 is 0 Å². The standard InChI is InChI=1S/C8H11BrN2OS/c9-6-3-11-13-8(6)1-5-2-10-4-7(5)12/h3,5,7,10,12H,1-2,4H2. The number of hydrogen-bond donors (Lipinski definition) is 2. The highest BCUT2D eigenvalue weighted by molar-refractivity contribution is 9.10. The molecule has 5 heteroatoms. The molecule has 2 atom stereocenters. The van der Waals surface area contributed by atoms with Crippen LogP contribution in [0.2, 0.25) is 0 Å². The Morgan fingerprint density at radius 3 is 3.08 bits per heavy atom. The van der Waals surface area contributed by atoms with E-state index in [0.29, 0.717) is 5.92 Å². The molecule has 2 heterocycles. The Labute approximate surface area is 89.5 Å². The molecule has 0 spiro atoms.